The Bertz CT molecular complexity index is 370. The van der Waals surface area contributed by atoms with Crippen molar-refractivity contribution in [3.63, 3.8) is 0 Å². The number of aromatic nitrogens is 1. The molecule has 0 aliphatic rings. The zero-order valence-corrected chi connectivity index (χ0v) is 9.20. The molecule has 0 aromatic carbocycles. The van der Waals surface area contributed by atoms with Crippen LogP contribution < -0.4 is 5.32 Å². The van der Waals surface area contributed by atoms with Crippen LogP contribution in [0.2, 0.25) is 0 Å². The normalized spacial score (nSPS) is 11.5. The third kappa shape index (κ3) is 4.23. The van der Waals surface area contributed by atoms with Gasteiger partial charge in [-0.05, 0) is 6.92 Å². The molecule has 0 bridgehead atoms. The lowest BCUT2D eigenvalue weighted by Gasteiger charge is -1.99. The summed E-state index contributed by atoms with van der Waals surface area (Å²) in [6.07, 6.45) is 1.22. The van der Waals surface area contributed by atoms with E-state index in [-0.39, 0.29) is 5.75 Å². The van der Waals surface area contributed by atoms with E-state index in [2.05, 4.69) is 10.3 Å². The molecule has 74 valence electrons. The predicted molar refractivity (Wildman–Crippen MR) is 55.1 cm³/mol. The Hall–Kier alpha value is -0.620. The molecule has 1 heterocycles. The van der Waals surface area contributed by atoms with Gasteiger partial charge in [0.2, 0.25) is 0 Å². The lowest BCUT2D eigenvalue weighted by Crippen LogP contribution is -2.13. The molecule has 0 aliphatic carbocycles. The molecular weight excluding hydrogens is 208 g/mol. The summed E-state index contributed by atoms with van der Waals surface area (Å²) in [6.45, 7) is 2.32. The summed E-state index contributed by atoms with van der Waals surface area (Å²) in [5.74, 6) is 0.144. The van der Waals surface area contributed by atoms with E-state index in [0.717, 1.165) is 10.8 Å². The predicted octanol–water partition coefficient (Wildman–Crippen LogP) is 0.908. The van der Waals surface area contributed by atoms with Gasteiger partial charge in [-0.1, -0.05) is 0 Å². The number of anilines is 1. The van der Waals surface area contributed by atoms with Gasteiger partial charge in [0.15, 0.2) is 5.13 Å². The summed E-state index contributed by atoms with van der Waals surface area (Å²) in [5.41, 5.74) is 0.951. The van der Waals surface area contributed by atoms with Crippen LogP contribution in [0.25, 0.3) is 0 Å². The second kappa shape index (κ2) is 4.06. The molecule has 0 radical (unpaired) electrons. The summed E-state index contributed by atoms with van der Waals surface area (Å²) in [6, 6.07) is 0. The second-order valence-electron chi connectivity index (χ2n) is 2.85. The van der Waals surface area contributed by atoms with Crippen LogP contribution in [-0.4, -0.2) is 32.0 Å². The highest BCUT2D eigenvalue weighted by atomic mass is 32.2. The number of thiazole rings is 1. The van der Waals surface area contributed by atoms with Crippen LogP contribution in [0.4, 0.5) is 5.13 Å². The van der Waals surface area contributed by atoms with Gasteiger partial charge in [0.25, 0.3) is 0 Å². The quantitative estimate of drug-likeness (QED) is 0.819. The van der Waals surface area contributed by atoms with Gasteiger partial charge in [-0.25, -0.2) is 13.4 Å². The maximum absolute atomic E-state index is 10.8. The van der Waals surface area contributed by atoms with E-state index in [1.54, 1.807) is 0 Å². The molecule has 13 heavy (non-hydrogen) atoms. The van der Waals surface area contributed by atoms with Crippen LogP contribution >= 0.6 is 11.3 Å². The first-order valence-electron chi connectivity index (χ1n) is 3.81. The average molecular weight is 220 g/mol. The molecular formula is C7H12N2O2S2. The molecule has 0 spiro atoms. The highest BCUT2D eigenvalue weighted by Gasteiger charge is 2.02. The Kier molecular flexibility index (Phi) is 3.27. The van der Waals surface area contributed by atoms with Gasteiger partial charge < -0.3 is 5.32 Å². The van der Waals surface area contributed by atoms with Crippen LogP contribution in [0, 0.1) is 6.92 Å². The largest absolute Gasteiger partial charge is 0.360 e. The van der Waals surface area contributed by atoms with Crippen molar-refractivity contribution in [3.8, 4) is 0 Å². The third-order valence-electron chi connectivity index (χ3n) is 1.37. The number of hydrogen-bond acceptors (Lipinski definition) is 5. The highest BCUT2D eigenvalue weighted by molar-refractivity contribution is 7.90. The molecule has 0 saturated heterocycles. The molecule has 1 aromatic rings. The van der Waals surface area contributed by atoms with Gasteiger partial charge in [0, 0.05) is 18.2 Å². The Morgan fingerprint density at radius 3 is 2.77 bits per heavy atom. The van der Waals surface area contributed by atoms with Crippen molar-refractivity contribution >= 4 is 26.3 Å². The average Bonchev–Trinajstić information content (AvgIpc) is 2.33. The van der Waals surface area contributed by atoms with Crippen molar-refractivity contribution < 1.29 is 8.42 Å². The molecule has 4 nitrogen and oxygen atoms in total. The number of aryl methyl sites for hydroxylation is 1. The minimum absolute atomic E-state index is 0.144. The summed E-state index contributed by atoms with van der Waals surface area (Å²) >= 11 is 1.48. The van der Waals surface area contributed by atoms with E-state index in [9.17, 15) is 8.42 Å². The first-order valence-corrected chi connectivity index (χ1v) is 6.75. The fourth-order valence-electron chi connectivity index (χ4n) is 0.779. The summed E-state index contributed by atoms with van der Waals surface area (Å²) in [4.78, 5) is 4.14. The van der Waals surface area contributed by atoms with Crippen molar-refractivity contribution in [1.29, 1.82) is 0 Å². The lowest BCUT2D eigenvalue weighted by atomic mass is 10.6. The van der Waals surface area contributed by atoms with Gasteiger partial charge in [0.1, 0.15) is 9.84 Å². The van der Waals surface area contributed by atoms with Gasteiger partial charge in [0.05, 0.1) is 11.4 Å². The van der Waals surface area contributed by atoms with Crippen LogP contribution in [0.3, 0.4) is 0 Å². The smallest absolute Gasteiger partial charge is 0.182 e. The summed E-state index contributed by atoms with van der Waals surface area (Å²) in [5, 5.41) is 5.65. The minimum Gasteiger partial charge on any atom is -0.360 e. The van der Waals surface area contributed by atoms with Gasteiger partial charge in [-0.15, -0.1) is 11.3 Å². The van der Waals surface area contributed by atoms with E-state index in [1.807, 2.05) is 12.3 Å². The zero-order valence-electron chi connectivity index (χ0n) is 7.57. The highest BCUT2D eigenvalue weighted by Crippen LogP contribution is 2.13. The Balaban J connectivity index is 2.36. The molecule has 1 N–H and O–H groups in total. The SMILES string of the molecule is Cc1csc(NCCS(C)(=O)=O)n1. The van der Waals surface area contributed by atoms with Crippen LogP contribution in [-0.2, 0) is 9.84 Å². The van der Waals surface area contributed by atoms with E-state index < -0.39 is 9.84 Å². The maximum atomic E-state index is 10.8. The minimum atomic E-state index is -2.87. The third-order valence-corrected chi connectivity index (χ3v) is 3.23. The fraction of sp³-hybridized carbons (Fsp3) is 0.571. The first kappa shape index (κ1) is 10.5. The van der Waals surface area contributed by atoms with E-state index in [4.69, 9.17) is 0 Å². The fourth-order valence-corrected chi connectivity index (χ4v) is 1.97. The van der Waals surface area contributed by atoms with E-state index in [0.29, 0.717) is 6.54 Å². The van der Waals surface area contributed by atoms with Crippen LogP contribution in [0.5, 0.6) is 0 Å². The Morgan fingerprint density at radius 2 is 2.31 bits per heavy atom. The van der Waals surface area contributed by atoms with Crippen LogP contribution in [0.15, 0.2) is 5.38 Å². The number of nitrogens with one attached hydrogen (secondary N) is 1. The lowest BCUT2D eigenvalue weighted by molar-refractivity contribution is 0.602. The summed E-state index contributed by atoms with van der Waals surface area (Å²) in [7, 11) is -2.87. The summed E-state index contributed by atoms with van der Waals surface area (Å²) < 4.78 is 21.5. The van der Waals surface area contributed by atoms with E-state index >= 15 is 0 Å². The molecule has 0 fully saturated rings. The molecule has 0 aliphatic heterocycles. The standard InChI is InChI=1S/C7H12N2O2S2/c1-6-5-12-7(9-6)8-3-4-13(2,10)11/h5H,3-4H2,1-2H3,(H,8,9). The Morgan fingerprint density at radius 1 is 1.62 bits per heavy atom. The number of sulfone groups is 1. The van der Waals surface area contributed by atoms with Crippen molar-refractivity contribution in [2.75, 3.05) is 23.9 Å². The zero-order chi connectivity index (χ0) is 9.90. The van der Waals surface area contributed by atoms with Crippen molar-refractivity contribution in [1.82, 2.24) is 4.98 Å². The van der Waals surface area contributed by atoms with E-state index in [1.165, 1.54) is 17.6 Å². The van der Waals surface area contributed by atoms with Crippen molar-refractivity contribution in [2.24, 2.45) is 0 Å². The topological polar surface area (TPSA) is 59.1 Å². The van der Waals surface area contributed by atoms with Gasteiger partial charge >= 0.3 is 0 Å². The van der Waals surface area contributed by atoms with Crippen LogP contribution in [0.1, 0.15) is 5.69 Å². The maximum Gasteiger partial charge on any atom is 0.182 e. The monoisotopic (exact) mass is 220 g/mol. The van der Waals surface area contributed by atoms with Crippen molar-refractivity contribution in [3.05, 3.63) is 11.1 Å². The molecule has 0 amide bonds. The Labute approximate surface area is 81.9 Å². The second-order valence-corrected chi connectivity index (χ2v) is 5.97. The number of nitrogens with zero attached hydrogens (tertiary/aromatic N) is 1. The molecule has 1 rings (SSSR count). The number of hydrogen-bond donors (Lipinski definition) is 1. The number of rotatable bonds is 4. The van der Waals surface area contributed by atoms with Gasteiger partial charge in [-0.2, -0.15) is 0 Å². The molecule has 1 aromatic heterocycles. The van der Waals surface area contributed by atoms with Gasteiger partial charge in [-0.3, -0.25) is 0 Å². The molecule has 6 heteroatoms. The first-order chi connectivity index (χ1) is 5.97. The molecule has 0 unspecified atom stereocenters. The van der Waals surface area contributed by atoms with Crippen molar-refractivity contribution in [2.45, 2.75) is 6.92 Å². The molecule has 0 atom stereocenters. The molecule has 0 saturated carbocycles.